The molecule has 0 saturated carbocycles. The highest BCUT2D eigenvalue weighted by Gasteiger charge is 2.21. The Morgan fingerprint density at radius 1 is 0.893 bits per heavy atom. The summed E-state index contributed by atoms with van der Waals surface area (Å²) < 4.78 is 11.4. The molecule has 1 N–H and O–H groups in total. The van der Waals surface area contributed by atoms with Crippen molar-refractivity contribution < 1.29 is 14.3 Å². The Kier molecular flexibility index (Phi) is 7.11. The zero-order valence-corrected chi connectivity index (χ0v) is 18.3. The number of hydrogen-bond donors (Lipinski definition) is 1. The minimum atomic E-state index is -0.577. The minimum Gasteiger partial charge on any atom is -0.496 e. The minimum absolute atomic E-state index is 0.124. The summed E-state index contributed by atoms with van der Waals surface area (Å²) in [7, 11) is 1.69. The van der Waals surface area contributed by atoms with Crippen LogP contribution in [0.25, 0.3) is 0 Å². The highest BCUT2D eigenvalue weighted by molar-refractivity contribution is 5.81. The van der Waals surface area contributed by atoms with Crippen LogP contribution in [-0.4, -0.2) is 19.1 Å². The number of amides is 1. The predicted molar refractivity (Wildman–Crippen MR) is 114 cm³/mol. The molecule has 4 nitrogen and oxygen atoms in total. The predicted octanol–water partition coefficient (Wildman–Crippen LogP) is 5.39. The van der Waals surface area contributed by atoms with E-state index in [1.54, 1.807) is 14.0 Å². The molecule has 0 radical (unpaired) electrons. The van der Waals surface area contributed by atoms with Gasteiger partial charge in [0.05, 0.1) is 13.2 Å². The van der Waals surface area contributed by atoms with Crippen LogP contribution in [0.1, 0.15) is 67.5 Å². The lowest BCUT2D eigenvalue weighted by atomic mass is 9.93. The molecule has 2 aromatic rings. The van der Waals surface area contributed by atoms with E-state index in [1.165, 1.54) is 5.56 Å². The molecule has 152 valence electrons. The number of nitrogens with one attached hydrogen (secondary N) is 1. The molecule has 0 fully saturated rings. The Labute approximate surface area is 169 Å². The molecule has 0 heterocycles. The molecule has 28 heavy (non-hydrogen) atoms. The first-order valence-corrected chi connectivity index (χ1v) is 9.86. The summed E-state index contributed by atoms with van der Waals surface area (Å²) in [5.74, 6) is 1.84. The fraction of sp³-hybridized carbons (Fsp3) is 0.458. The topological polar surface area (TPSA) is 47.6 Å². The zero-order chi connectivity index (χ0) is 21.0. The van der Waals surface area contributed by atoms with Crippen LogP contribution < -0.4 is 14.8 Å². The van der Waals surface area contributed by atoms with E-state index < -0.39 is 6.10 Å². The molecule has 0 aliphatic carbocycles. The molecular weight excluding hydrogens is 350 g/mol. The second kappa shape index (κ2) is 9.13. The smallest absolute Gasteiger partial charge is 0.261 e. The van der Waals surface area contributed by atoms with Crippen molar-refractivity contribution in [3.8, 4) is 11.5 Å². The molecule has 2 rings (SSSR count). The van der Waals surface area contributed by atoms with Crippen molar-refractivity contribution in [3.63, 3.8) is 0 Å². The van der Waals surface area contributed by atoms with E-state index in [4.69, 9.17) is 9.47 Å². The van der Waals surface area contributed by atoms with Gasteiger partial charge in [-0.25, -0.2) is 0 Å². The van der Waals surface area contributed by atoms with Crippen LogP contribution in [0.5, 0.6) is 11.5 Å². The third-order valence-electron chi connectivity index (χ3n) is 5.07. The Morgan fingerprint density at radius 3 is 2.14 bits per heavy atom. The van der Waals surface area contributed by atoms with Crippen molar-refractivity contribution in [2.24, 2.45) is 0 Å². The maximum Gasteiger partial charge on any atom is 0.261 e. The molecule has 0 bridgehead atoms. The molecule has 0 aliphatic rings. The van der Waals surface area contributed by atoms with Crippen molar-refractivity contribution in [1.29, 1.82) is 0 Å². The number of rotatable bonds is 7. The summed E-state index contributed by atoms with van der Waals surface area (Å²) in [5, 5.41) is 3.09. The first-order chi connectivity index (χ1) is 13.1. The van der Waals surface area contributed by atoms with Gasteiger partial charge in [-0.3, -0.25) is 4.79 Å². The summed E-state index contributed by atoms with van der Waals surface area (Å²) in [6, 6.07) is 10.0. The highest BCUT2D eigenvalue weighted by atomic mass is 16.5. The van der Waals surface area contributed by atoms with Gasteiger partial charge in [-0.15, -0.1) is 0 Å². The summed E-state index contributed by atoms with van der Waals surface area (Å²) in [4.78, 5) is 12.7. The third kappa shape index (κ3) is 5.06. The van der Waals surface area contributed by atoms with Crippen molar-refractivity contribution >= 4 is 5.91 Å². The van der Waals surface area contributed by atoms with Gasteiger partial charge in [0.25, 0.3) is 5.91 Å². The molecule has 0 aliphatic heterocycles. The fourth-order valence-corrected chi connectivity index (χ4v) is 3.39. The number of methoxy groups -OCH3 is 1. The second-order valence-electron chi connectivity index (χ2n) is 7.86. The van der Waals surface area contributed by atoms with E-state index in [0.29, 0.717) is 5.92 Å². The van der Waals surface area contributed by atoms with Gasteiger partial charge in [0.2, 0.25) is 0 Å². The lowest BCUT2D eigenvalue weighted by Crippen LogP contribution is -2.38. The number of hydrogen-bond acceptors (Lipinski definition) is 3. The van der Waals surface area contributed by atoms with Gasteiger partial charge in [0, 0.05) is 0 Å². The van der Waals surface area contributed by atoms with Gasteiger partial charge >= 0.3 is 0 Å². The van der Waals surface area contributed by atoms with E-state index in [1.807, 2.05) is 45.9 Å². The average molecular weight is 384 g/mol. The molecule has 2 aromatic carbocycles. The van der Waals surface area contributed by atoms with Gasteiger partial charge in [-0.2, -0.15) is 0 Å². The molecule has 4 heteroatoms. The number of benzene rings is 2. The van der Waals surface area contributed by atoms with Crippen LogP contribution in [0, 0.1) is 20.8 Å². The highest BCUT2D eigenvalue weighted by Crippen LogP contribution is 2.32. The molecule has 0 saturated heterocycles. The van der Waals surface area contributed by atoms with Crippen molar-refractivity contribution in [2.45, 2.75) is 66.5 Å². The van der Waals surface area contributed by atoms with Crippen LogP contribution in [0.2, 0.25) is 0 Å². The molecule has 0 aromatic heterocycles. The van der Waals surface area contributed by atoms with Crippen molar-refractivity contribution in [3.05, 3.63) is 58.1 Å². The van der Waals surface area contributed by atoms with Crippen LogP contribution in [-0.2, 0) is 4.79 Å². The quantitative estimate of drug-likeness (QED) is 0.697. The van der Waals surface area contributed by atoms with Crippen molar-refractivity contribution in [2.75, 3.05) is 7.11 Å². The van der Waals surface area contributed by atoms with Gasteiger partial charge in [0.15, 0.2) is 6.10 Å². The average Bonchev–Trinajstić information content (AvgIpc) is 2.63. The van der Waals surface area contributed by atoms with Gasteiger partial charge < -0.3 is 14.8 Å². The zero-order valence-electron chi connectivity index (χ0n) is 18.3. The van der Waals surface area contributed by atoms with Gasteiger partial charge in [-0.05, 0) is 81.0 Å². The van der Waals surface area contributed by atoms with Crippen LogP contribution in [0.15, 0.2) is 30.3 Å². The SMILES string of the molecule is COc1cc(C)c([C@@H](C)NC(=O)[C@@H](C)Oc2ccc(C)cc2C)cc1C(C)C. The standard InChI is InChI=1S/C24H33NO3/c1-14(2)20-13-21(16(4)12-23(20)27-8)18(6)25-24(26)19(7)28-22-10-9-15(3)11-17(22)5/h9-14,18-19H,1-8H3,(H,25,26)/t18-,19-/m1/s1. The lowest BCUT2D eigenvalue weighted by molar-refractivity contribution is -0.127. The van der Waals surface area contributed by atoms with Gasteiger partial charge in [-0.1, -0.05) is 31.5 Å². The molecular formula is C24H33NO3. The monoisotopic (exact) mass is 383 g/mol. The maximum atomic E-state index is 12.7. The lowest BCUT2D eigenvalue weighted by Gasteiger charge is -2.23. The number of ether oxygens (including phenoxy) is 2. The normalized spacial score (nSPS) is 13.2. The summed E-state index contributed by atoms with van der Waals surface area (Å²) in [6.45, 7) is 14.1. The first kappa shape index (κ1) is 21.8. The van der Waals surface area contributed by atoms with Crippen molar-refractivity contribution in [1.82, 2.24) is 5.32 Å². The molecule has 2 atom stereocenters. The van der Waals surface area contributed by atoms with E-state index in [2.05, 4.69) is 31.3 Å². The number of carbonyl (C=O) groups excluding carboxylic acids is 1. The molecule has 0 unspecified atom stereocenters. The fourth-order valence-electron chi connectivity index (χ4n) is 3.39. The summed E-state index contributed by atoms with van der Waals surface area (Å²) >= 11 is 0. The Morgan fingerprint density at radius 2 is 1.57 bits per heavy atom. The van der Waals surface area contributed by atoms with Gasteiger partial charge in [0.1, 0.15) is 11.5 Å². The van der Waals surface area contributed by atoms with E-state index in [-0.39, 0.29) is 11.9 Å². The Hall–Kier alpha value is -2.49. The largest absolute Gasteiger partial charge is 0.496 e. The van der Waals surface area contributed by atoms with E-state index in [0.717, 1.165) is 33.8 Å². The Balaban J connectivity index is 2.14. The Bertz CT molecular complexity index is 842. The summed E-state index contributed by atoms with van der Waals surface area (Å²) in [6.07, 6.45) is -0.577. The molecule has 0 spiro atoms. The number of aryl methyl sites for hydroxylation is 3. The number of carbonyl (C=O) groups is 1. The van der Waals surface area contributed by atoms with Crippen LogP contribution in [0.3, 0.4) is 0 Å². The van der Waals surface area contributed by atoms with Crippen LogP contribution in [0.4, 0.5) is 0 Å². The summed E-state index contributed by atoms with van der Waals surface area (Å²) in [5.41, 5.74) is 5.53. The van der Waals surface area contributed by atoms with Crippen LogP contribution >= 0.6 is 0 Å². The van der Waals surface area contributed by atoms with E-state index in [9.17, 15) is 4.79 Å². The first-order valence-electron chi connectivity index (χ1n) is 9.86. The third-order valence-corrected chi connectivity index (χ3v) is 5.07. The maximum absolute atomic E-state index is 12.7. The second-order valence-corrected chi connectivity index (χ2v) is 7.86. The van der Waals surface area contributed by atoms with E-state index >= 15 is 0 Å². The molecule has 1 amide bonds.